The highest BCUT2D eigenvalue weighted by molar-refractivity contribution is 6.32. The van der Waals surface area contributed by atoms with Gasteiger partial charge in [-0.3, -0.25) is 0 Å². The van der Waals surface area contributed by atoms with Gasteiger partial charge in [0.05, 0.1) is 21.3 Å². The van der Waals surface area contributed by atoms with E-state index in [4.69, 9.17) is 37.4 Å². The van der Waals surface area contributed by atoms with Crippen molar-refractivity contribution in [3.8, 4) is 11.5 Å². The summed E-state index contributed by atoms with van der Waals surface area (Å²) in [5.41, 5.74) is 1.62. The summed E-state index contributed by atoms with van der Waals surface area (Å²) in [5, 5.41) is 0.908. The maximum Gasteiger partial charge on any atom is 0.338 e. The Kier molecular flexibility index (Phi) is 4.15. The molecule has 1 aliphatic rings. The van der Waals surface area contributed by atoms with Gasteiger partial charge in [-0.15, -0.1) is 0 Å². The zero-order chi connectivity index (χ0) is 17.4. The van der Waals surface area contributed by atoms with Crippen molar-refractivity contribution in [2.45, 2.75) is 6.61 Å². The molecule has 8 heteroatoms. The molecular formula is C17H12Cl2N2O4. The van der Waals surface area contributed by atoms with E-state index in [9.17, 15) is 4.79 Å². The van der Waals surface area contributed by atoms with Gasteiger partial charge >= 0.3 is 5.97 Å². The molecule has 1 aromatic carbocycles. The number of hydrogen-bond acceptors (Lipinski definition) is 5. The van der Waals surface area contributed by atoms with Gasteiger partial charge in [0.15, 0.2) is 11.5 Å². The summed E-state index contributed by atoms with van der Waals surface area (Å²) >= 11 is 12.1. The van der Waals surface area contributed by atoms with Gasteiger partial charge < -0.3 is 18.6 Å². The standard InChI is InChI=1S/C17H12Cl2N2O4/c18-11-1-2-15-20-12(8-21(15)7-11)9-25-17(22)10-5-13(19)16-14(6-10)23-3-4-24-16/h1-2,5-8H,3-4,9H2. The van der Waals surface area contributed by atoms with E-state index in [1.807, 2.05) is 0 Å². The van der Waals surface area contributed by atoms with Crippen molar-refractivity contribution in [3.63, 3.8) is 0 Å². The molecule has 0 unspecified atom stereocenters. The molecule has 2 aromatic heterocycles. The maximum atomic E-state index is 12.3. The van der Waals surface area contributed by atoms with Crippen molar-refractivity contribution in [3.05, 3.63) is 58.0 Å². The van der Waals surface area contributed by atoms with Crippen LogP contribution >= 0.6 is 23.2 Å². The van der Waals surface area contributed by atoms with Gasteiger partial charge in [-0.25, -0.2) is 9.78 Å². The zero-order valence-corrected chi connectivity index (χ0v) is 14.4. The number of halogens is 2. The Hall–Kier alpha value is -2.44. The molecule has 3 aromatic rings. The molecule has 0 radical (unpaired) electrons. The predicted molar refractivity (Wildman–Crippen MR) is 91.8 cm³/mol. The number of esters is 1. The predicted octanol–water partition coefficient (Wildman–Crippen LogP) is 3.77. The van der Waals surface area contributed by atoms with Crippen molar-refractivity contribution in [2.24, 2.45) is 0 Å². The summed E-state index contributed by atoms with van der Waals surface area (Å²) < 4.78 is 18.0. The molecule has 0 atom stereocenters. The second-order valence-electron chi connectivity index (χ2n) is 5.40. The molecule has 0 aliphatic carbocycles. The number of ether oxygens (including phenoxy) is 3. The van der Waals surface area contributed by atoms with E-state index in [1.54, 1.807) is 35.0 Å². The lowest BCUT2D eigenvalue weighted by molar-refractivity contribution is 0.0467. The lowest BCUT2D eigenvalue weighted by atomic mass is 10.2. The van der Waals surface area contributed by atoms with E-state index >= 15 is 0 Å². The Labute approximate surface area is 152 Å². The van der Waals surface area contributed by atoms with E-state index in [2.05, 4.69) is 4.98 Å². The fraction of sp³-hybridized carbons (Fsp3) is 0.176. The lowest BCUT2D eigenvalue weighted by Gasteiger charge is -2.19. The van der Waals surface area contributed by atoms with Crippen LogP contribution in [0.1, 0.15) is 16.1 Å². The number of aromatic nitrogens is 2. The van der Waals surface area contributed by atoms with Crippen LogP contribution in [0.2, 0.25) is 10.0 Å². The molecule has 0 saturated heterocycles. The minimum absolute atomic E-state index is 0.0319. The molecular weight excluding hydrogens is 367 g/mol. The average Bonchev–Trinajstić information content (AvgIpc) is 3.01. The van der Waals surface area contributed by atoms with Gasteiger partial charge in [0.2, 0.25) is 0 Å². The van der Waals surface area contributed by atoms with Crippen LogP contribution in [0.25, 0.3) is 5.65 Å². The minimum atomic E-state index is -0.519. The van der Waals surface area contributed by atoms with Crippen molar-refractivity contribution in [1.82, 2.24) is 9.38 Å². The molecule has 0 spiro atoms. The Morgan fingerprint density at radius 1 is 1.20 bits per heavy atom. The molecule has 1 aliphatic heterocycles. The largest absolute Gasteiger partial charge is 0.486 e. The number of pyridine rings is 1. The number of benzene rings is 1. The summed E-state index contributed by atoms with van der Waals surface area (Å²) in [5.74, 6) is 0.365. The Balaban J connectivity index is 1.50. The summed E-state index contributed by atoms with van der Waals surface area (Å²) in [7, 11) is 0. The van der Waals surface area contributed by atoms with Crippen molar-refractivity contribution >= 4 is 34.8 Å². The normalized spacial score (nSPS) is 13.0. The van der Waals surface area contributed by atoms with Crippen molar-refractivity contribution < 1.29 is 19.0 Å². The molecule has 6 nitrogen and oxygen atoms in total. The zero-order valence-electron chi connectivity index (χ0n) is 12.9. The van der Waals surface area contributed by atoms with Crippen molar-refractivity contribution in [1.29, 1.82) is 0 Å². The van der Waals surface area contributed by atoms with Crippen LogP contribution in [0.4, 0.5) is 0 Å². The van der Waals surface area contributed by atoms with Crippen LogP contribution in [-0.4, -0.2) is 28.6 Å². The first kappa shape index (κ1) is 16.1. The van der Waals surface area contributed by atoms with Gasteiger partial charge in [0.1, 0.15) is 25.5 Å². The second-order valence-corrected chi connectivity index (χ2v) is 6.25. The summed E-state index contributed by atoms with van der Waals surface area (Å²) in [4.78, 5) is 16.7. The Morgan fingerprint density at radius 3 is 2.92 bits per heavy atom. The fourth-order valence-electron chi connectivity index (χ4n) is 2.54. The number of nitrogens with zero attached hydrogens (tertiary/aromatic N) is 2. The first-order chi connectivity index (χ1) is 12.1. The van der Waals surface area contributed by atoms with Crippen molar-refractivity contribution in [2.75, 3.05) is 13.2 Å². The van der Waals surface area contributed by atoms with Gasteiger partial charge in [-0.2, -0.15) is 0 Å². The van der Waals surface area contributed by atoms with E-state index in [0.717, 1.165) is 5.65 Å². The van der Waals surface area contributed by atoms with Gasteiger partial charge in [0.25, 0.3) is 0 Å². The van der Waals surface area contributed by atoms with Gasteiger partial charge in [-0.1, -0.05) is 23.2 Å². The number of imidazole rings is 1. The third-order valence-corrected chi connectivity index (χ3v) is 4.15. The van der Waals surface area contributed by atoms with E-state index < -0.39 is 5.97 Å². The molecule has 3 heterocycles. The Bertz CT molecular complexity index is 971. The molecule has 0 bridgehead atoms. The summed E-state index contributed by atoms with van der Waals surface area (Å²) in [6.45, 7) is 0.865. The maximum absolute atomic E-state index is 12.3. The van der Waals surface area contributed by atoms with Crippen LogP contribution in [0.15, 0.2) is 36.7 Å². The smallest absolute Gasteiger partial charge is 0.338 e. The minimum Gasteiger partial charge on any atom is -0.486 e. The molecule has 25 heavy (non-hydrogen) atoms. The third kappa shape index (κ3) is 3.23. The van der Waals surface area contributed by atoms with Crippen LogP contribution in [-0.2, 0) is 11.3 Å². The van der Waals surface area contributed by atoms with Crippen LogP contribution in [0.5, 0.6) is 11.5 Å². The van der Waals surface area contributed by atoms with Crippen LogP contribution < -0.4 is 9.47 Å². The topological polar surface area (TPSA) is 62.1 Å². The average molecular weight is 379 g/mol. The SMILES string of the molecule is O=C(OCc1cn2cc(Cl)ccc2n1)c1cc(Cl)c2c(c1)OCCO2. The first-order valence-corrected chi connectivity index (χ1v) is 8.25. The quantitative estimate of drug-likeness (QED) is 0.649. The number of fused-ring (bicyclic) bond motifs is 2. The number of carbonyl (C=O) groups is 1. The fourth-order valence-corrected chi connectivity index (χ4v) is 2.97. The lowest BCUT2D eigenvalue weighted by Crippen LogP contribution is -2.16. The van der Waals surface area contributed by atoms with Gasteiger partial charge in [0, 0.05) is 12.4 Å². The molecule has 0 fully saturated rings. The molecule has 0 amide bonds. The highest BCUT2D eigenvalue weighted by Crippen LogP contribution is 2.38. The summed E-state index contributed by atoms with van der Waals surface area (Å²) in [6.07, 6.45) is 3.49. The highest BCUT2D eigenvalue weighted by Gasteiger charge is 2.20. The second kappa shape index (κ2) is 6.46. The number of hydrogen-bond donors (Lipinski definition) is 0. The van der Waals surface area contributed by atoms with Crippen LogP contribution in [0.3, 0.4) is 0 Å². The van der Waals surface area contributed by atoms with E-state index in [1.165, 1.54) is 6.07 Å². The van der Waals surface area contributed by atoms with Gasteiger partial charge in [-0.05, 0) is 24.3 Å². The van der Waals surface area contributed by atoms with E-state index in [-0.39, 0.29) is 6.61 Å². The molecule has 128 valence electrons. The molecule has 0 saturated carbocycles. The Morgan fingerprint density at radius 2 is 2.04 bits per heavy atom. The monoisotopic (exact) mass is 378 g/mol. The third-order valence-electron chi connectivity index (χ3n) is 3.65. The van der Waals surface area contributed by atoms with E-state index in [0.29, 0.717) is 46.0 Å². The highest BCUT2D eigenvalue weighted by atomic mass is 35.5. The number of carbonyl (C=O) groups excluding carboxylic acids is 1. The van der Waals surface area contributed by atoms with Crippen LogP contribution in [0, 0.1) is 0 Å². The number of rotatable bonds is 3. The molecule has 0 N–H and O–H groups in total. The summed E-state index contributed by atoms with van der Waals surface area (Å²) in [6, 6.07) is 6.60. The first-order valence-electron chi connectivity index (χ1n) is 7.49. The molecule has 4 rings (SSSR count).